The van der Waals surface area contributed by atoms with Crippen molar-refractivity contribution in [3.63, 3.8) is 0 Å². The molecule has 0 aliphatic heterocycles. The van der Waals surface area contributed by atoms with Crippen LogP contribution < -0.4 is 5.32 Å². The molecule has 2 aliphatic carbocycles. The highest BCUT2D eigenvalue weighted by atomic mass is 16.5. The average Bonchev–Trinajstić information content (AvgIpc) is 3.16. The molecule has 2 aromatic heterocycles. The van der Waals surface area contributed by atoms with Gasteiger partial charge in [-0.15, -0.1) is 0 Å². The summed E-state index contributed by atoms with van der Waals surface area (Å²) in [6.07, 6.45) is 8.34. The van der Waals surface area contributed by atoms with Crippen LogP contribution in [0, 0.1) is 0 Å². The van der Waals surface area contributed by atoms with Gasteiger partial charge in [0, 0.05) is 37.9 Å². The van der Waals surface area contributed by atoms with Crippen LogP contribution in [-0.2, 0) is 17.7 Å². The zero-order valence-corrected chi connectivity index (χ0v) is 17.0. The van der Waals surface area contributed by atoms with E-state index in [-0.39, 0.29) is 11.9 Å². The summed E-state index contributed by atoms with van der Waals surface area (Å²) in [5.41, 5.74) is 3.93. The molecule has 0 bridgehead atoms. The highest BCUT2D eigenvalue weighted by molar-refractivity contribution is 5.94. The van der Waals surface area contributed by atoms with Crippen molar-refractivity contribution in [1.29, 1.82) is 0 Å². The first kappa shape index (κ1) is 19.0. The number of rotatable bonds is 8. The van der Waals surface area contributed by atoms with Crippen LogP contribution >= 0.6 is 0 Å². The lowest BCUT2D eigenvalue weighted by molar-refractivity contribution is 0.0936. The van der Waals surface area contributed by atoms with Gasteiger partial charge in [-0.1, -0.05) is 17.3 Å². The van der Waals surface area contributed by atoms with E-state index in [0.717, 1.165) is 55.7 Å². The third kappa shape index (κ3) is 3.87. The zero-order chi connectivity index (χ0) is 20.5. The average molecular weight is 407 g/mol. The molecular formula is C22H25N5O3. The van der Waals surface area contributed by atoms with E-state index in [2.05, 4.69) is 32.7 Å². The monoisotopic (exact) mass is 407 g/mol. The number of ether oxygens (including phenoxy) is 1. The van der Waals surface area contributed by atoms with Gasteiger partial charge < -0.3 is 14.6 Å². The van der Waals surface area contributed by atoms with Gasteiger partial charge in [0.25, 0.3) is 5.91 Å². The van der Waals surface area contributed by atoms with E-state index < -0.39 is 0 Å². The molecule has 2 heterocycles. The summed E-state index contributed by atoms with van der Waals surface area (Å²) < 4.78 is 12.2. The number of hydrogen-bond donors (Lipinski definition) is 1. The maximum atomic E-state index is 12.7. The molecule has 1 amide bonds. The maximum absolute atomic E-state index is 12.7. The number of aromatic nitrogens is 4. The van der Waals surface area contributed by atoms with Gasteiger partial charge in [0.2, 0.25) is 11.7 Å². The van der Waals surface area contributed by atoms with Crippen LogP contribution in [0.1, 0.15) is 65.0 Å². The SMILES string of the molecule is COCCCn1cc(C(=O)NC2CCc3cc(-c4noc(C5CC5)n4)ccc32)cn1. The molecule has 30 heavy (non-hydrogen) atoms. The van der Waals surface area contributed by atoms with Gasteiger partial charge >= 0.3 is 0 Å². The number of amides is 1. The number of carbonyl (C=O) groups is 1. The number of methoxy groups -OCH3 is 1. The van der Waals surface area contributed by atoms with Crippen molar-refractivity contribution in [2.45, 2.75) is 50.6 Å². The molecule has 8 nitrogen and oxygen atoms in total. The molecule has 3 aromatic rings. The molecular weight excluding hydrogens is 382 g/mol. The molecule has 1 saturated carbocycles. The summed E-state index contributed by atoms with van der Waals surface area (Å²) in [7, 11) is 1.68. The topological polar surface area (TPSA) is 95.1 Å². The number of aryl methyl sites for hydroxylation is 2. The number of fused-ring (bicyclic) bond motifs is 1. The summed E-state index contributed by atoms with van der Waals surface area (Å²) >= 11 is 0. The standard InChI is InChI=1S/C22H25N5O3/c1-29-10-2-9-27-13-17(12-23-27)21(28)24-19-8-6-15-11-16(5-7-18(15)19)20-25-22(30-26-20)14-3-4-14/h5,7,11-14,19H,2-4,6,8-10H2,1H3,(H,24,28). The lowest BCUT2D eigenvalue weighted by Gasteiger charge is -2.13. The lowest BCUT2D eigenvalue weighted by Crippen LogP contribution is -2.26. The number of nitrogens with zero attached hydrogens (tertiary/aromatic N) is 4. The van der Waals surface area contributed by atoms with Crippen LogP contribution in [0.5, 0.6) is 0 Å². The van der Waals surface area contributed by atoms with Crippen molar-refractivity contribution in [3.05, 3.63) is 53.2 Å². The Morgan fingerprint density at radius 1 is 1.33 bits per heavy atom. The predicted molar refractivity (Wildman–Crippen MR) is 109 cm³/mol. The van der Waals surface area contributed by atoms with Gasteiger partial charge in [-0.2, -0.15) is 10.1 Å². The molecule has 5 rings (SSSR count). The second kappa shape index (κ2) is 8.02. The van der Waals surface area contributed by atoms with Crippen LogP contribution in [0.3, 0.4) is 0 Å². The van der Waals surface area contributed by atoms with Crippen molar-refractivity contribution < 1.29 is 14.1 Å². The molecule has 1 aromatic carbocycles. The van der Waals surface area contributed by atoms with Gasteiger partial charge in [-0.3, -0.25) is 9.48 Å². The van der Waals surface area contributed by atoms with Crippen LogP contribution in [0.15, 0.2) is 35.1 Å². The first-order valence-electron chi connectivity index (χ1n) is 10.5. The van der Waals surface area contributed by atoms with Gasteiger partial charge in [-0.25, -0.2) is 0 Å². The van der Waals surface area contributed by atoms with E-state index in [1.807, 2.05) is 6.07 Å². The molecule has 2 aliphatic rings. The second-order valence-corrected chi connectivity index (χ2v) is 8.05. The first-order chi connectivity index (χ1) is 14.7. The number of carbonyl (C=O) groups excluding carboxylic acids is 1. The van der Waals surface area contributed by atoms with E-state index in [0.29, 0.717) is 23.9 Å². The molecule has 156 valence electrons. The molecule has 8 heteroatoms. The van der Waals surface area contributed by atoms with E-state index >= 15 is 0 Å². The summed E-state index contributed by atoms with van der Waals surface area (Å²) in [6.45, 7) is 1.41. The van der Waals surface area contributed by atoms with Gasteiger partial charge in [0.05, 0.1) is 17.8 Å². The smallest absolute Gasteiger partial charge is 0.254 e. The molecule has 0 saturated heterocycles. The first-order valence-corrected chi connectivity index (χ1v) is 10.5. The molecule has 1 N–H and O–H groups in total. The lowest BCUT2D eigenvalue weighted by atomic mass is 10.0. The third-order valence-electron chi connectivity index (χ3n) is 5.78. The fraction of sp³-hybridized carbons (Fsp3) is 0.455. The Labute approximate surface area is 174 Å². The Balaban J connectivity index is 1.25. The van der Waals surface area contributed by atoms with Crippen molar-refractivity contribution in [2.24, 2.45) is 0 Å². The highest BCUT2D eigenvalue weighted by Gasteiger charge is 2.30. The quantitative estimate of drug-likeness (QED) is 0.576. The summed E-state index contributed by atoms with van der Waals surface area (Å²) in [4.78, 5) is 17.2. The number of benzene rings is 1. The Bertz CT molecular complexity index is 1050. The molecule has 0 spiro atoms. The van der Waals surface area contributed by atoms with E-state index in [1.165, 1.54) is 5.56 Å². The fourth-order valence-corrected chi connectivity index (χ4v) is 3.97. The molecule has 1 unspecified atom stereocenters. The third-order valence-corrected chi connectivity index (χ3v) is 5.78. The van der Waals surface area contributed by atoms with Crippen molar-refractivity contribution in [3.8, 4) is 11.4 Å². The normalized spacial score (nSPS) is 17.8. The van der Waals surface area contributed by atoms with Crippen molar-refractivity contribution in [2.75, 3.05) is 13.7 Å². The number of nitrogens with one attached hydrogen (secondary N) is 1. The van der Waals surface area contributed by atoms with Crippen molar-refractivity contribution >= 4 is 5.91 Å². The van der Waals surface area contributed by atoms with Crippen LogP contribution in [0.2, 0.25) is 0 Å². The van der Waals surface area contributed by atoms with Gasteiger partial charge in [0.1, 0.15) is 0 Å². The zero-order valence-electron chi connectivity index (χ0n) is 17.0. The largest absolute Gasteiger partial charge is 0.385 e. The van der Waals surface area contributed by atoms with Crippen LogP contribution in [0.25, 0.3) is 11.4 Å². The van der Waals surface area contributed by atoms with Crippen molar-refractivity contribution in [1.82, 2.24) is 25.2 Å². The minimum Gasteiger partial charge on any atom is -0.385 e. The Hall–Kier alpha value is -3.00. The van der Waals surface area contributed by atoms with Gasteiger partial charge in [-0.05, 0) is 49.3 Å². The van der Waals surface area contributed by atoms with E-state index in [9.17, 15) is 4.79 Å². The summed E-state index contributed by atoms with van der Waals surface area (Å²) in [5, 5.41) is 11.6. The van der Waals surface area contributed by atoms with E-state index in [4.69, 9.17) is 9.26 Å². The Morgan fingerprint density at radius 2 is 2.23 bits per heavy atom. The summed E-state index contributed by atoms with van der Waals surface area (Å²) in [6, 6.07) is 6.21. The predicted octanol–water partition coefficient (Wildman–Crippen LogP) is 3.26. The minimum atomic E-state index is -0.0952. The Kier molecular flexibility index (Phi) is 5.08. The summed E-state index contributed by atoms with van der Waals surface area (Å²) in [5.74, 6) is 1.75. The number of hydrogen-bond acceptors (Lipinski definition) is 6. The Morgan fingerprint density at radius 3 is 3.07 bits per heavy atom. The van der Waals surface area contributed by atoms with E-state index in [1.54, 1.807) is 24.2 Å². The molecule has 0 radical (unpaired) electrons. The van der Waals surface area contributed by atoms with Gasteiger partial charge in [0.15, 0.2) is 0 Å². The fourth-order valence-electron chi connectivity index (χ4n) is 3.97. The molecule has 1 atom stereocenters. The second-order valence-electron chi connectivity index (χ2n) is 8.05. The van der Waals surface area contributed by atoms with Crippen LogP contribution in [-0.4, -0.2) is 39.5 Å². The van der Waals surface area contributed by atoms with Crippen LogP contribution in [0.4, 0.5) is 0 Å². The maximum Gasteiger partial charge on any atom is 0.254 e. The molecule has 1 fully saturated rings. The highest BCUT2D eigenvalue weighted by Crippen LogP contribution is 2.40. The minimum absolute atomic E-state index is 0.00526.